The van der Waals surface area contributed by atoms with Crippen LogP contribution in [0.4, 0.5) is 4.79 Å². The van der Waals surface area contributed by atoms with E-state index in [4.69, 9.17) is 19.3 Å². The second-order valence-corrected chi connectivity index (χ2v) is 7.13. The third-order valence-corrected chi connectivity index (χ3v) is 3.78. The fraction of sp³-hybridized carbons (Fsp3) is 0.625. The first-order valence-electron chi connectivity index (χ1n) is 8.26. The van der Waals surface area contributed by atoms with Crippen molar-refractivity contribution in [2.45, 2.75) is 45.0 Å². The third kappa shape index (κ3) is 5.02. The number of piperidine rings is 1. The Kier molecular flexibility index (Phi) is 5.52. The Morgan fingerprint density at radius 1 is 1.22 bits per heavy atom. The van der Waals surface area contributed by atoms with Crippen LogP contribution < -0.4 is 5.32 Å². The molecule has 27 heavy (non-hydrogen) atoms. The molecule has 11 nitrogen and oxygen atoms in total. The number of hydrogen-bond acceptors (Lipinski definition) is 8. The largest absolute Gasteiger partial charge is 0.480 e. The number of esters is 1. The fourth-order valence-electron chi connectivity index (χ4n) is 2.55. The molecule has 0 bridgehead atoms. The molecule has 1 spiro atoms. The van der Waals surface area contributed by atoms with Gasteiger partial charge in [0.1, 0.15) is 12.1 Å². The number of nitrogens with zero attached hydrogens (tertiary/aromatic N) is 1. The molecule has 2 heterocycles. The monoisotopic (exact) mass is 386 g/mol. The maximum Gasteiger partial charge on any atom is 0.410 e. The highest BCUT2D eigenvalue weighted by molar-refractivity contribution is 6.17. The van der Waals surface area contributed by atoms with Crippen LogP contribution in [0.15, 0.2) is 11.5 Å². The maximum absolute atomic E-state index is 12.1. The van der Waals surface area contributed by atoms with Crippen LogP contribution in [0.25, 0.3) is 0 Å². The average Bonchev–Trinajstić information content (AvgIpc) is 2.51. The van der Waals surface area contributed by atoms with Crippen LogP contribution in [-0.2, 0) is 28.6 Å². The van der Waals surface area contributed by atoms with Gasteiger partial charge < -0.3 is 34.6 Å². The number of hydrogen-bond donors (Lipinski definition) is 3. The van der Waals surface area contributed by atoms with Gasteiger partial charge in [-0.25, -0.2) is 9.59 Å². The molecule has 2 aliphatic heterocycles. The van der Waals surface area contributed by atoms with Crippen molar-refractivity contribution in [3.8, 4) is 0 Å². The zero-order valence-electron chi connectivity index (χ0n) is 15.2. The minimum absolute atomic E-state index is 0.0616. The molecule has 2 aliphatic rings. The van der Waals surface area contributed by atoms with Crippen LogP contribution in [0.1, 0.15) is 33.6 Å². The summed E-state index contributed by atoms with van der Waals surface area (Å²) in [6.07, 6.45) is -0.397. The van der Waals surface area contributed by atoms with Crippen LogP contribution in [0.3, 0.4) is 0 Å². The van der Waals surface area contributed by atoms with E-state index in [1.165, 1.54) is 4.90 Å². The number of aliphatic carboxylic acids is 1. The number of rotatable bonds is 3. The normalized spacial score (nSPS) is 19.2. The lowest BCUT2D eigenvalue weighted by atomic mass is 10.0. The van der Waals surface area contributed by atoms with Crippen molar-refractivity contribution in [3.05, 3.63) is 11.5 Å². The molecule has 1 saturated heterocycles. The van der Waals surface area contributed by atoms with Crippen molar-refractivity contribution >= 4 is 23.9 Å². The Balaban J connectivity index is 2.02. The van der Waals surface area contributed by atoms with Gasteiger partial charge in [-0.3, -0.25) is 9.59 Å². The Hall–Kier alpha value is -2.98. The van der Waals surface area contributed by atoms with E-state index in [1.54, 1.807) is 20.8 Å². The van der Waals surface area contributed by atoms with Crippen LogP contribution >= 0.6 is 0 Å². The van der Waals surface area contributed by atoms with Gasteiger partial charge in [0.2, 0.25) is 5.57 Å². The van der Waals surface area contributed by atoms with Crippen molar-refractivity contribution in [1.82, 2.24) is 10.2 Å². The lowest BCUT2D eigenvalue weighted by Gasteiger charge is -2.42. The number of carbonyl (C=O) groups is 4. The Bertz CT molecular complexity index is 684. The van der Waals surface area contributed by atoms with Crippen molar-refractivity contribution in [1.29, 1.82) is 0 Å². The van der Waals surface area contributed by atoms with E-state index in [2.05, 4.69) is 0 Å². The quantitative estimate of drug-likeness (QED) is 0.458. The molecule has 2 amide bonds. The van der Waals surface area contributed by atoms with Gasteiger partial charge in [0.15, 0.2) is 0 Å². The summed E-state index contributed by atoms with van der Waals surface area (Å²) in [5.41, 5.74) is -1.46. The molecule has 0 unspecified atom stereocenters. The van der Waals surface area contributed by atoms with Gasteiger partial charge in [-0.15, -0.1) is 0 Å². The molecule has 0 aromatic rings. The summed E-state index contributed by atoms with van der Waals surface area (Å²) in [7, 11) is 0. The maximum atomic E-state index is 12.1. The predicted octanol–water partition coefficient (Wildman–Crippen LogP) is 0.257. The lowest BCUT2D eigenvalue weighted by Crippen LogP contribution is -2.53. The van der Waals surface area contributed by atoms with Gasteiger partial charge in [0, 0.05) is 25.9 Å². The Morgan fingerprint density at radius 3 is 2.30 bits per heavy atom. The molecule has 0 atom stereocenters. The number of amides is 2. The Morgan fingerprint density at radius 2 is 1.81 bits per heavy atom. The SMILES string of the molecule is CC(C)(C)OC(=O)N1CCC2(CC1)OC(=O)C(C(=O)NCC(=O)O)=C(O)O2. The van der Waals surface area contributed by atoms with E-state index >= 15 is 0 Å². The molecule has 0 aromatic heterocycles. The zero-order valence-corrected chi connectivity index (χ0v) is 15.2. The topological polar surface area (TPSA) is 152 Å². The molecular formula is C16H22N2O9. The fourth-order valence-corrected chi connectivity index (χ4v) is 2.55. The van der Waals surface area contributed by atoms with Gasteiger partial charge in [0.05, 0.1) is 0 Å². The minimum atomic E-state index is -1.50. The molecule has 2 rings (SSSR count). The highest BCUT2D eigenvalue weighted by Gasteiger charge is 2.48. The van der Waals surface area contributed by atoms with Gasteiger partial charge in [-0.1, -0.05) is 0 Å². The van der Waals surface area contributed by atoms with Crippen LogP contribution in [0.5, 0.6) is 0 Å². The van der Waals surface area contributed by atoms with E-state index in [0.717, 1.165) is 0 Å². The molecule has 150 valence electrons. The number of carboxylic acids is 1. The number of likely N-dealkylation sites (tertiary alicyclic amines) is 1. The average molecular weight is 386 g/mol. The smallest absolute Gasteiger partial charge is 0.410 e. The predicted molar refractivity (Wildman–Crippen MR) is 87.2 cm³/mol. The van der Waals surface area contributed by atoms with Crippen LogP contribution in [0.2, 0.25) is 0 Å². The Labute approximate surface area is 154 Å². The molecule has 0 saturated carbocycles. The van der Waals surface area contributed by atoms with Crippen molar-refractivity contribution in [3.63, 3.8) is 0 Å². The molecule has 0 aromatic carbocycles. The number of aliphatic hydroxyl groups excluding tert-OH is 1. The number of carbonyl (C=O) groups excluding carboxylic acids is 3. The standard InChI is InChI=1S/C16H22N2O9/c1-15(2,3)27-14(24)18-6-4-16(5-7-18)25-12(22)10(13(23)26-16)11(21)17-8-9(19)20/h22H,4-8H2,1-3H3,(H,17,21)(H,19,20). The van der Waals surface area contributed by atoms with Crippen LogP contribution in [-0.4, -0.2) is 70.1 Å². The highest BCUT2D eigenvalue weighted by Crippen LogP contribution is 2.35. The number of carboxylic acid groups (broad SMARTS) is 1. The summed E-state index contributed by atoms with van der Waals surface area (Å²) >= 11 is 0. The summed E-state index contributed by atoms with van der Waals surface area (Å²) in [5.74, 6) is -6.02. The number of ether oxygens (including phenoxy) is 3. The van der Waals surface area contributed by atoms with E-state index < -0.39 is 53.4 Å². The summed E-state index contributed by atoms with van der Waals surface area (Å²) in [6, 6.07) is 0. The van der Waals surface area contributed by atoms with Crippen molar-refractivity contribution < 1.29 is 43.6 Å². The highest BCUT2D eigenvalue weighted by atomic mass is 16.8. The van der Waals surface area contributed by atoms with E-state index in [0.29, 0.717) is 0 Å². The first-order valence-corrected chi connectivity index (χ1v) is 8.26. The third-order valence-electron chi connectivity index (χ3n) is 3.78. The summed E-state index contributed by atoms with van der Waals surface area (Å²) in [6.45, 7) is 4.78. The first kappa shape index (κ1) is 20.3. The van der Waals surface area contributed by atoms with Gasteiger partial charge >= 0.3 is 24.0 Å². The van der Waals surface area contributed by atoms with Crippen molar-refractivity contribution in [2.24, 2.45) is 0 Å². The number of nitrogens with one attached hydrogen (secondary N) is 1. The summed E-state index contributed by atoms with van der Waals surface area (Å²) in [4.78, 5) is 47.9. The van der Waals surface area contributed by atoms with E-state index in [9.17, 15) is 24.3 Å². The van der Waals surface area contributed by atoms with Crippen molar-refractivity contribution in [2.75, 3.05) is 19.6 Å². The molecular weight excluding hydrogens is 364 g/mol. The molecule has 11 heteroatoms. The second-order valence-electron chi connectivity index (χ2n) is 7.13. The zero-order chi connectivity index (χ0) is 20.4. The van der Waals surface area contributed by atoms with Crippen LogP contribution in [0, 0.1) is 0 Å². The summed E-state index contributed by atoms with van der Waals surface area (Å²) in [5, 5.41) is 20.5. The summed E-state index contributed by atoms with van der Waals surface area (Å²) < 4.78 is 15.7. The molecule has 0 aliphatic carbocycles. The molecule has 1 fully saturated rings. The molecule has 3 N–H and O–H groups in total. The first-order chi connectivity index (χ1) is 12.4. The van der Waals surface area contributed by atoms with Gasteiger partial charge in [0.25, 0.3) is 11.7 Å². The minimum Gasteiger partial charge on any atom is -0.480 e. The van der Waals surface area contributed by atoms with Gasteiger partial charge in [-0.2, -0.15) is 0 Å². The number of aliphatic hydroxyl groups is 1. The van der Waals surface area contributed by atoms with E-state index in [1.807, 2.05) is 5.32 Å². The molecule has 0 radical (unpaired) electrons. The second kappa shape index (κ2) is 7.33. The lowest BCUT2D eigenvalue weighted by molar-refractivity contribution is -0.252. The van der Waals surface area contributed by atoms with Gasteiger partial charge in [-0.05, 0) is 20.8 Å². The van der Waals surface area contributed by atoms with E-state index in [-0.39, 0.29) is 25.9 Å².